The summed E-state index contributed by atoms with van der Waals surface area (Å²) in [5, 5.41) is 8.76. The number of amides is 1. The van der Waals surface area contributed by atoms with Crippen molar-refractivity contribution in [3.63, 3.8) is 0 Å². The third-order valence-corrected chi connectivity index (χ3v) is 1.82. The number of ether oxygens (including phenoxy) is 1. The smallest absolute Gasteiger partial charge is 0.229 e. The van der Waals surface area contributed by atoms with Crippen LogP contribution in [0.15, 0.2) is 18.2 Å². The number of methoxy groups -OCH3 is 1. The SMILES string of the molecule is COc1cc(C#CCC(N)=O)ccc1C#N. The predicted molar refractivity (Wildman–Crippen MR) is 58.4 cm³/mol. The van der Waals surface area contributed by atoms with Crippen LogP contribution >= 0.6 is 0 Å². The molecule has 4 nitrogen and oxygen atoms in total. The number of hydrogen-bond donors (Lipinski definition) is 1. The van der Waals surface area contributed by atoms with Crippen LogP contribution < -0.4 is 10.5 Å². The Morgan fingerprint density at radius 2 is 2.31 bits per heavy atom. The van der Waals surface area contributed by atoms with Gasteiger partial charge in [-0.25, -0.2) is 0 Å². The van der Waals surface area contributed by atoms with Crippen LogP contribution in [0.3, 0.4) is 0 Å². The number of nitrogens with two attached hydrogens (primary N) is 1. The quantitative estimate of drug-likeness (QED) is 0.739. The third-order valence-electron chi connectivity index (χ3n) is 1.82. The maximum atomic E-state index is 10.5. The summed E-state index contributed by atoms with van der Waals surface area (Å²) in [6.45, 7) is 0. The van der Waals surface area contributed by atoms with E-state index in [1.165, 1.54) is 7.11 Å². The Morgan fingerprint density at radius 3 is 2.88 bits per heavy atom. The first-order valence-corrected chi connectivity index (χ1v) is 4.52. The molecule has 0 saturated carbocycles. The Hall–Kier alpha value is -2.46. The monoisotopic (exact) mass is 214 g/mol. The van der Waals surface area contributed by atoms with E-state index in [-0.39, 0.29) is 6.42 Å². The Kier molecular flexibility index (Phi) is 3.94. The summed E-state index contributed by atoms with van der Waals surface area (Å²) in [4.78, 5) is 10.5. The lowest BCUT2D eigenvalue weighted by Gasteiger charge is -2.01. The van der Waals surface area contributed by atoms with Gasteiger partial charge in [0.05, 0.1) is 19.1 Å². The zero-order chi connectivity index (χ0) is 12.0. The maximum absolute atomic E-state index is 10.5. The molecule has 0 spiro atoms. The summed E-state index contributed by atoms with van der Waals surface area (Å²) in [5.74, 6) is 5.39. The number of hydrogen-bond acceptors (Lipinski definition) is 3. The lowest BCUT2D eigenvalue weighted by atomic mass is 10.1. The minimum atomic E-state index is -0.465. The largest absolute Gasteiger partial charge is 0.495 e. The van der Waals surface area contributed by atoms with Crippen LogP contribution in [0.25, 0.3) is 0 Å². The number of primary amides is 1. The van der Waals surface area contributed by atoms with Crippen LogP contribution in [0.2, 0.25) is 0 Å². The minimum absolute atomic E-state index is 0.0162. The first-order valence-electron chi connectivity index (χ1n) is 4.52. The summed E-state index contributed by atoms with van der Waals surface area (Å²) in [5.41, 5.74) is 6.07. The normalized spacial score (nSPS) is 8.50. The van der Waals surface area contributed by atoms with E-state index in [4.69, 9.17) is 15.7 Å². The van der Waals surface area contributed by atoms with Crippen molar-refractivity contribution in [1.29, 1.82) is 5.26 Å². The molecule has 0 unspecified atom stereocenters. The van der Waals surface area contributed by atoms with Crippen molar-refractivity contribution in [3.05, 3.63) is 29.3 Å². The van der Waals surface area contributed by atoms with Gasteiger partial charge in [0.15, 0.2) is 0 Å². The van der Waals surface area contributed by atoms with Gasteiger partial charge in [0.1, 0.15) is 11.8 Å². The van der Waals surface area contributed by atoms with E-state index < -0.39 is 5.91 Å². The van der Waals surface area contributed by atoms with Crippen LogP contribution in [0.4, 0.5) is 0 Å². The van der Waals surface area contributed by atoms with Crippen molar-refractivity contribution < 1.29 is 9.53 Å². The average Bonchev–Trinajstić information content (AvgIpc) is 2.28. The highest BCUT2D eigenvalue weighted by Gasteiger charge is 2.01. The summed E-state index contributed by atoms with van der Waals surface area (Å²) < 4.78 is 5.02. The van der Waals surface area contributed by atoms with Gasteiger partial charge in [0.25, 0.3) is 0 Å². The molecule has 0 aliphatic rings. The Morgan fingerprint density at radius 1 is 1.56 bits per heavy atom. The van der Waals surface area contributed by atoms with E-state index in [9.17, 15) is 4.79 Å². The highest BCUT2D eigenvalue weighted by Crippen LogP contribution is 2.18. The standard InChI is InChI=1S/C12H10N2O2/c1-16-11-7-9(3-2-4-12(14)15)5-6-10(11)8-13/h5-7H,4H2,1H3,(H2,14,15). The number of carbonyl (C=O) groups excluding carboxylic acids is 1. The van der Waals surface area contributed by atoms with Crippen LogP contribution in [0.5, 0.6) is 5.75 Å². The zero-order valence-electron chi connectivity index (χ0n) is 8.78. The van der Waals surface area contributed by atoms with Crippen LogP contribution in [-0.2, 0) is 4.79 Å². The van der Waals surface area contributed by atoms with E-state index in [2.05, 4.69) is 11.8 Å². The average molecular weight is 214 g/mol. The van der Waals surface area contributed by atoms with Crippen molar-refractivity contribution in [2.24, 2.45) is 5.73 Å². The van der Waals surface area contributed by atoms with Gasteiger partial charge in [-0.2, -0.15) is 5.26 Å². The summed E-state index contributed by atoms with van der Waals surface area (Å²) in [6, 6.07) is 6.95. The van der Waals surface area contributed by atoms with E-state index in [0.29, 0.717) is 16.9 Å². The summed E-state index contributed by atoms with van der Waals surface area (Å²) in [6.07, 6.45) is 0.0162. The van der Waals surface area contributed by atoms with Crippen molar-refractivity contribution in [2.45, 2.75) is 6.42 Å². The summed E-state index contributed by atoms with van der Waals surface area (Å²) in [7, 11) is 1.48. The highest BCUT2D eigenvalue weighted by atomic mass is 16.5. The lowest BCUT2D eigenvalue weighted by molar-refractivity contribution is -0.117. The van der Waals surface area contributed by atoms with Crippen LogP contribution in [0, 0.1) is 23.2 Å². The van der Waals surface area contributed by atoms with E-state index in [1.54, 1.807) is 18.2 Å². The fourth-order valence-corrected chi connectivity index (χ4v) is 1.09. The van der Waals surface area contributed by atoms with Gasteiger partial charge in [-0.05, 0) is 18.2 Å². The number of carbonyl (C=O) groups is 1. The molecule has 0 aromatic heterocycles. The molecule has 0 bridgehead atoms. The van der Waals surface area contributed by atoms with E-state index in [0.717, 1.165) is 0 Å². The fourth-order valence-electron chi connectivity index (χ4n) is 1.09. The topological polar surface area (TPSA) is 76.1 Å². The molecule has 0 aliphatic heterocycles. The molecule has 1 amide bonds. The molecule has 0 fully saturated rings. The fraction of sp³-hybridized carbons (Fsp3) is 0.167. The molecule has 0 aliphatic carbocycles. The number of rotatable bonds is 2. The lowest BCUT2D eigenvalue weighted by Crippen LogP contribution is -2.08. The second kappa shape index (κ2) is 5.43. The van der Waals surface area contributed by atoms with E-state index >= 15 is 0 Å². The molecule has 16 heavy (non-hydrogen) atoms. The number of nitriles is 1. The minimum Gasteiger partial charge on any atom is -0.495 e. The molecule has 0 saturated heterocycles. The Labute approximate surface area is 93.6 Å². The third kappa shape index (κ3) is 3.04. The van der Waals surface area contributed by atoms with E-state index in [1.807, 2.05) is 6.07 Å². The molecular weight excluding hydrogens is 204 g/mol. The first kappa shape index (κ1) is 11.6. The molecule has 0 radical (unpaired) electrons. The molecule has 0 heterocycles. The first-order chi connectivity index (χ1) is 7.67. The molecule has 1 aromatic rings. The zero-order valence-corrected chi connectivity index (χ0v) is 8.78. The van der Waals surface area contributed by atoms with Crippen molar-refractivity contribution >= 4 is 5.91 Å². The van der Waals surface area contributed by atoms with Gasteiger partial charge in [-0.3, -0.25) is 4.79 Å². The molecule has 0 atom stereocenters. The van der Waals surface area contributed by atoms with Crippen molar-refractivity contribution in [3.8, 4) is 23.7 Å². The Balaban J connectivity index is 2.95. The van der Waals surface area contributed by atoms with Crippen molar-refractivity contribution in [2.75, 3.05) is 7.11 Å². The van der Waals surface area contributed by atoms with Gasteiger partial charge in [0.2, 0.25) is 5.91 Å². The van der Waals surface area contributed by atoms with Crippen molar-refractivity contribution in [1.82, 2.24) is 0 Å². The van der Waals surface area contributed by atoms with Gasteiger partial charge < -0.3 is 10.5 Å². The van der Waals surface area contributed by atoms with Gasteiger partial charge in [-0.15, -0.1) is 0 Å². The van der Waals surface area contributed by atoms with Gasteiger partial charge in [0, 0.05) is 5.56 Å². The molecule has 4 heteroatoms. The number of nitrogens with zero attached hydrogens (tertiary/aromatic N) is 1. The molecular formula is C12H10N2O2. The van der Waals surface area contributed by atoms with Gasteiger partial charge in [-0.1, -0.05) is 11.8 Å². The van der Waals surface area contributed by atoms with Crippen LogP contribution in [-0.4, -0.2) is 13.0 Å². The Bertz CT molecular complexity index is 504. The van der Waals surface area contributed by atoms with Crippen LogP contribution in [0.1, 0.15) is 17.5 Å². The molecule has 80 valence electrons. The highest BCUT2D eigenvalue weighted by molar-refractivity contribution is 5.76. The second-order valence-electron chi connectivity index (χ2n) is 2.97. The van der Waals surface area contributed by atoms with Gasteiger partial charge >= 0.3 is 0 Å². The molecule has 2 N–H and O–H groups in total. The predicted octanol–water partition coefficient (Wildman–Crippen LogP) is 0.794. The summed E-state index contributed by atoms with van der Waals surface area (Å²) >= 11 is 0. The molecule has 1 aromatic carbocycles. The molecule has 1 rings (SSSR count). The second-order valence-corrected chi connectivity index (χ2v) is 2.97. The maximum Gasteiger partial charge on any atom is 0.229 e. The number of benzene rings is 1.